The van der Waals surface area contributed by atoms with E-state index in [0.29, 0.717) is 5.92 Å². The van der Waals surface area contributed by atoms with Gasteiger partial charge in [0.05, 0.1) is 11.7 Å². The van der Waals surface area contributed by atoms with Crippen molar-refractivity contribution in [1.82, 2.24) is 0 Å². The Bertz CT molecular complexity index is 1310. The van der Waals surface area contributed by atoms with E-state index in [1.165, 1.54) is 33.2 Å². The molecule has 2 atom stereocenters. The summed E-state index contributed by atoms with van der Waals surface area (Å²) in [5, 5.41) is 2.44. The molecule has 0 fully saturated rings. The Balaban J connectivity index is 1.69. The average Bonchev–Trinajstić information content (AvgIpc) is 3.24. The zero-order valence-corrected chi connectivity index (χ0v) is 16.0. The van der Waals surface area contributed by atoms with Gasteiger partial charge < -0.3 is 9.32 Å². The van der Waals surface area contributed by atoms with Crippen LogP contribution in [0.3, 0.4) is 0 Å². The van der Waals surface area contributed by atoms with E-state index in [1.807, 2.05) is 0 Å². The van der Waals surface area contributed by atoms with E-state index in [-0.39, 0.29) is 6.04 Å². The van der Waals surface area contributed by atoms with Crippen molar-refractivity contribution < 1.29 is 4.42 Å². The van der Waals surface area contributed by atoms with Gasteiger partial charge in [-0.15, -0.1) is 0 Å². The maximum Gasteiger partial charge on any atom is 0.159 e. The molecular weight excluding hydrogens is 342 g/mol. The Morgan fingerprint density at radius 1 is 0.857 bits per heavy atom. The predicted octanol–water partition coefficient (Wildman–Crippen LogP) is 6.93. The number of benzene rings is 3. The monoisotopic (exact) mass is 363 g/mol. The molecular formula is C26H21NO. The third-order valence-corrected chi connectivity index (χ3v) is 6.15. The van der Waals surface area contributed by atoms with Gasteiger partial charge in [0.25, 0.3) is 0 Å². The summed E-state index contributed by atoms with van der Waals surface area (Å²) in [6.45, 7) is 4.34. The van der Waals surface area contributed by atoms with E-state index in [4.69, 9.17) is 4.42 Å². The van der Waals surface area contributed by atoms with E-state index in [2.05, 4.69) is 97.6 Å². The summed E-state index contributed by atoms with van der Waals surface area (Å²) in [6, 6.07) is 19.9. The van der Waals surface area contributed by atoms with Gasteiger partial charge in [0.1, 0.15) is 5.58 Å². The first-order chi connectivity index (χ1) is 13.7. The molecule has 1 aromatic heterocycles. The maximum atomic E-state index is 6.44. The van der Waals surface area contributed by atoms with Crippen molar-refractivity contribution >= 4 is 33.3 Å². The Kier molecular flexibility index (Phi) is 3.16. The molecule has 136 valence electrons. The Morgan fingerprint density at radius 3 is 2.64 bits per heavy atom. The SMILES string of the molecule is Cc1cc(N2c3ccccc3C3C=CC=CC32)c2oc3cccc(C)c3c2c1. The van der Waals surface area contributed by atoms with Crippen molar-refractivity contribution in [3.63, 3.8) is 0 Å². The second-order valence-corrected chi connectivity index (χ2v) is 7.93. The number of aryl methyl sites for hydroxylation is 2. The number of nitrogens with zero attached hydrogens (tertiary/aromatic N) is 1. The highest BCUT2D eigenvalue weighted by Gasteiger charge is 2.38. The van der Waals surface area contributed by atoms with Crippen molar-refractivity contribution in [1.29, 1.82) is 0 Å². The van der Waals surface area contributed by atoms with E-state index >= 15 is 0 Å². The molecule has 0 amide bonds. The first-order valence-corrected chi connectivity index (χ1v) is 9.88. The number of rotatable bonds is 1. The van der Waals surface area contributed by atoms with Gasteiger partial charge in [-0.05, 0) is 54.8 Å². The van der Waals surface area contributed by atoms with Gasteiger partial charge in [0, 0.05) is 22.4 Å². The van der Waals surface area contributed by atoms with Crippen molar-refractivity contribution in [2.75, 3.05) is 4.90 Å². The summed E-state index contributed by atoms with van der Waals surface area (Å²) in [4.78, 5) is 2.47. The van der Waals surface area contributed by atoms with Crippen LogP contribution in [-0.4, -0.2) is 6.04 Å². The van der Waals surface area contributed by atoms with Crippen molar-refractivity contribution in [2.24, 2.45) is 0 Å². The third kappa shape index (κ3) is 2.03. The molecule has 0 radical (unpaired) electrons. The highest BCUT2D eigenvalue weighted by Crippen LogP contribution is 2.50. The van der Waals surface area contributed by atoms with Gasteiger partial charge in [-0.25, -0.2) is 0 Å². The molecule has 3 aromatic carbocycles. The van der Waals surface area contributed by atoms with Crippen LogP contribution in [0.1, 0.15) is 22.6 Å². The summed E-state index contributed by atoms with van der Waals surface area (Å²) < 4.78 is 6.44. The van der Waals surface area contributed by atoms with Crippen LogP contribution in [0.4, 0.5) is 11.4 Å². The Hall–Kier alpha value is -3.26. The normalized spacial score (nSPS) is 20.1. The molecule has 2 heterocycles. The molecule has 2 nitrogen and oxygen atoms in total. The smallest absolute Gasteiger partial charge is 0.159 e. The fourth-order valence-electron chi connectivity index (χ4n) is 4.98. The molecule has 0 N–H and O–H groups in total. The molecule has 0 saturated heterocycles. The zero-order valence-electron chi connectivity index (χ0n) is 16.0. The number of hydrogen-bond donors (Lipinski definition) is 0. The number of anilines is 2. The first kappa shape index (κ1) is 15.8. The molecule has 28 heavy (non-hydrogen) atoms. The highest BCUT2D eigenvalue weighted by molar-refractivity contribution is 6.11. The van der Waals surface area contributed by atoms with Crippen LogP contribution in [-0.2, 0) is 0 Å². The quantitative estimate of drug-likeness (QED) is 0.364. The van der Waals surface area contributed by atoms with E-state index < -0.39 is 0 Å². The first-order valence-electron chi connectivity index (χ1n) is 9.88. The lowest BCUT2D eigenvalue weighted by Crippen LogP contribution is -2.28. The standard InChI is InChI=1S/C26H21NO/c1-16-14-20-25-17(2)8-7-13-24(25)28-26(20)23(15-16)27-21-11-5-3-9-18(21)19-10-4-6-12-22(19)27/h3-15,18,21H,1-2H3. The van der Waals surface area contributed by atoms with Gasteiger partial charge in [-0.2, -0.15) is 0 Å². The van der Waals surface area contributed by atoms with Gasteiger partial charge in [0.2, 0.25) is 0 Å². The lowest BCUT2D eigenvalue weighted by molar-refractivity contribution is 0.663. The third-order valence-electron chi connectivity index (χ3n) is 6.15. The number of para-hydroxylation sites is 1. The van der Waals surface area contributed by atoms with Gasteiger partial charge in [-0.3, -0.25) is 0 Å². The fourth-order valence-corrected chi connectivity index (χ4v) is 4.98. The summed E-state index contributed by atoms with van der Waals surface area (Å²) in [5.74, 6) is 0.378. The molecule has 0 bridgehead atoms. The largest absolute Gasteiger partial charge is 0.454 e. The average molecular weight is 363 g/mol. The van der Waals surface area contributed by atoms with Crippen LogP contribution in [0.2, 0.25) is 0 Å². The summed E-state index contributed by atoms with van der Waals surface area (Å²) in [6.07, 6.45) is 8.96. The molecule has 1 aliphatic heterocycles. The Labute approximate surface area is 164 Å². The molecule has 1 aliphatic carbocycles. The van der Waals surface area contributed by atoms with Gasteiger partial charge in [0.15, 0.2) is 5.58 Å². The molecule has 2 unspecified atom stereocenters. The lowest BCUT2D eigenvalue weighted by Gasteiger charge is -2.29. The molecule has 4 aromatic rings. The predicted molar refractivity (Wildman–Crippen MR) is 117 cm³/mol. The number of hydrogen-bond acceptors (Lipinski definition) is 2. The molecule has 0 saturated carbocycles. The second kappa shape index (κ2) is 5.62. The minimum absolute atomic E-state index is 0.279. The summed E-state index contributed by atoms with van der Waals surface area (Å²) >= 11 is 0. The van der Waals surface area contributed by atoms with Crippen molar-refractivity contribution in [2.45, 2.75) is 25.8 Å². The minimum Gasteiger partial charge on any atom is -0.454 e. The van der Waals surface area contributed by atoms with Crippen LogP contribution in [0.5, 0.6) is 0 Å². The number of allylic oxidation sites excluding steroid dienone is 2. The molecule has 2 aliphatic rings. The van der Waals surface area contributed by atoms with Crippen LogP contribution in [0.15, 0.2) is 83.3 Å². The summed E-state index contributed by atoms with van der Waals surface area (Å²) in [5.41, 5.74) is 8.27. The fraction of sp³-hybridized carbons (Fsp3) is 0.154. The van der Waals surface area contributed by atoms with Crippen LogP contribution >= 0.6 is 0 Å². The van der Waals surface area contributed by atoms with E-state index in [1.54, 1.807) is 0 Å². The van der Waals surface area contributed by atoms with Crippen LogP contribution in [0, 0.1) is 13.8 Å². The maximum absolute atomic E-state index is 6.44. The number of fused-ring (bicyclic) bond motifs is 6. The van der Waals surface area contributed by atoms with E-state index in [0.717, 1.165) is 16.9 Å². The minimum atomic E-state index is 0.279. The van der Waals surface area contributed by atoms with Gasteiger partial charge >= 0.3 is 0 Å². The van der Waals surface area contributed by atoms with Crippen molar-refractivity contribution in [3.8, 4) is 0 Å². The summed E-state index contributed by atoms with van der Waals surface area (Å²) in [7, 11) is 0. The lowest BCUT2D eigenvalue weighted by atomic mass is 9.91. The van der Waals surface area contributed by atoms with Crippen molar-refractivity contribution in [3.05, 3.63) is 95.6 Å². The molecule has 0 spiro atoms. The molecule has 2 heteroatoms. The molecule has 6 rings (SSSR count). The highest BCUT2D eigenvalue weighted by atomic mass is 16.3. The van der Waals surface area contributed by atoms with Gasteiger partial charge in [-0.1, -0.05) is 54.6 Å². The zero-order chi connectivity index (χ0) is 18.8. The van der Waals surface area contributed by atoms with Crippen LogP contribution in [0.25, 0.3) is 21.9 Å². The van der Waals surface area contributed by atoms with E-state index in [9.17, 15) is 0 Å². The topological polar surface area (TPSA) is 16.4 Å². The Morgan fingerprint density at radius 2 is 1.71 bits per heavy atom. The second-order valence-electron chi connectivity index (χ2n) is 7.93. The number of furan rings is 1. The van der Waals surface area contributed by atoms with Crippen LogP contribution < -0.4 is 4.90 Å².